The standard InChI is InChI=1S/C13H15FINO3/c1-4-13(2,12(18)19-3)16-11(17)8-5-6-10(15)9(14)7-8/h5-7H,4H2,1-3H3,(H,16,17). The molecule has 0 heterocycles. The molecule has 6 heteroatoms. The number of hydrogen-bond donors (Lipinski definition) is 1. The molecule has 104 valence electrons. The molecular formula is C13H15FINO3. The Bertz CT molecular complexity index is 507. The number of amides is 1. The van der Waals surface area contributed by atoms with Gasteiger partial charge in [0.2, 0.25) is 0 Å². The molecule has 0 aliphatic heterocycles. The van der Waals surface area contributed by atoms with Crippen LogP contribution in [0.4, 0.5) is 4.39 Å². The molecule has 1 unspecified atom stereocenters. The van der Waals surface area contributed by atoms with E-state index in [2.05, 4.69) is 10.1 Å². The smallest absolute Gasteiger partial charge is 0.331 e. The van der Waals surface area contributed by atoms with Crippen LogP contribution in [0, 0.1) is 9.39 Å². The van der Waals surface area contributed by atoms with E-state index >= 15 is 0 Å². The van der Waals surface area contributed by atoms with Crippen LogP contribution >= 0.6 is 22.6 Å². The second kappa shape index (κ2) is 6.31. The van der Waals surface area contributed by atoms with Gasteiger partial charge in [-0.25, -0.2) is 9.18 Å². The van der Waals surface area contributed by atoms with Gasteiger partial charge >= 0.3 is 5.97 Å². The van der Waals surface area contributed by atoms with Crippen molar-refractivity contribution in [1.82, 2.24) is 5.32 Å². The van der Waals surface area contributed by atoms with E-state index in [0.29, 0.717) is 9.99 Å². The first-order valence-corrected chi connectivity index (χ1v) is 6.78. The molecule has 0 aliphatic rings. The molecule has 1 rings (SSSR count). The maximum atomic E-state index is 13.4. The van der Waals surface area contributed by atoms with Crippen molar-refractivity contribution in [1.29, 1.82) is 0 Å². The zero-order valence-corrected chi connectivity index (χ0v) is 13.1. The lowest BCUT2D eigenvalue weighted by atomic mass is 9.98. The van der Waals surface area contributed by atoms with E-state index in [-0.39, 0.29) is 5.56 Å². The van der Waals surface area contributed by atoms with E-state index in [1.807, 2.05) is 22.6 Å². The quantitative estimate of drug-likeness (QED) is 0.646. The van der Waals surface area contributed by atoms with Crippen LogP contribution < -0.4 is 5.32 Å². The van der Waals surface area contributed by atoms with E-state index in [0.717, 1.165) is 6.07 Å². The third kappa shape index (κ3) is 3.65. The molecule has 0 fully saturated rings. The zero-order chi connectivity index (χ0) is 14.6. The van der Waals surface area contributed by atoms with E-state index < -0.39 is 23.2 Å². The predicted octanol–water partition coefficient (Wildman–Crippen LogP) is 2.50. The van der Waals surface area contributed by atoms with Gasteiger partial charge in [-0.3, -0.25) is 4.79 Å². The Balaban J connectivity index is 2.94. The summed E-state index contributed by atoms with van der Waals surface area (Å²) >= 11 is 1.84. The molecule has 1 N–H and O–H groups in total. The first-order valence-electron chi connectivity index (χ1n) is 5.70. The number of carbonyl (C=O) groups excluding carboxylic acids is 2. The molecule has 0 saturated carbocycles. The number of carbonyl (C=O) groups is 2. The molecule has 1 amide bonds. The summed E-state index contributed by atoms with van der Waals surface area (Å²) in [5, 5.41) is 2.57. The Morgan fingerprint density at radius 1 is 1.47 bits per heavy atom. The van der Waals surface area contributed by atoms with E-state index in [9.17, 15) is 14.0 Å². The maximum absolute atomic E-state index is 13.4. The van der Waals surface area contributed by atoms with Crippen LogP contribution in [-0.2, 0) is 9.53 Å². The van der Waals surface area contributed by atoms with Gasteiger partial charge in [0.25, 0.3) is 5.91 Å². The van der Waals surface area contributed by atoms with Crippen LogP contribution in [0.2, 0.25) is 0 Å². The van der Waals surface area contributed by atoms with E-state index in [1.54, 1.807) is 13.8 Å². The molecule has 1 aromatic carbocycles. The van der Waals surface area contributed by atoms with Gasteiger partial charge in [-0.15, -0.1) is 0 Å². The van der Waals surface area contributed by atoms with Gasteiger partial charge in [0.05, 0.1) is 7.11 Å². The predicted molar refractivity (Wildman–Crippen MR) is 77.3 cm³/mol. The molecule has 0 radical (unpaired) electrons. The highest BCUT2D eigenvalue weighted by molar-refractivity contribution is 14.1. The molecule has 4 nitrogen and oxygen atoms in total. The topological polar surface area (TPSA) is 55.4 Å². The van der Waals surface area contributed by atoms with Crippen LogP contribution in [0.15, 0.2) is 18.2 Å². The average molecular weight is 379 g/mol. The van der Waals surface area contributed by atoms with Gasteiger partial charge in [0.1, 0.15) is 11.4 Å². The second-order valence-electron chi connectivity index (χ2n) is 4.26. The Morgan fingerprint density at radius 3 is 2.58 bits per heavy atom. The Kier molecular flexibility index (Phi) is 5.28. The monoisotopic (exact) mass is 379 g/mol. The van der Waals surface area contributed by atoms with Gasteiger partial charge in [-0.2, -0.15) is 0 Å². The van der Waals surface area contributed by atoms with E-state index in [1.165, 1.54) is 19.2 Å². The summed E-state index contributed by atoms with van der Waals surface area (Å²) in [6.45, 7) is 3.32. The molecule has 1 atom stereocenters. The van der Waals surface area contributed by atoms with Crippen LogP contribution in [0.25, 0.3) is 0 Å². The molecule has 0 saturated heterocycles. The van der Waals surface area contributed by atoms with Crippen LogP contribution in [0.3, 0.4) is 0 Å². The van der Waals surface area contributed by atoms with Gasteiger partial charge in [0, 0.05) is 9.13 Å². The number of halogens is 2. The van der Waals surface area contributed by atoms with Gasteiger partial charge in [0.15, 0.2) is 0 Å². The Morgan fingerprint density at radius 2 is 2.11 bits per heavy atom. The van der Waals surface area contributed by atoms with Crippen molar-refractivity contribution in [3.8, 4) is 0 Å². The highest BCUT2D eigenvalue weighted by Gasteiger charge is 2.34. The minimum Gasteiger partial charge on any atom is -0.467 e. The lowest BCUT2D eigenvalue weighted by molar-refractivity contribution is -0.147. The number of nitrogens with one attached hydrogen (secondary N) is 1. The molecule has 0 spiro atoms. The van der Waals surface area contributed by atoms with Crippen molar-refractivity contribution in [2.75, 3.05) is 7.11 Å². The molecule has 1 aromatic rings. The largest absolute Gasteiger partial charge is 0.467 e. The zero-order valence-electron chi connectivity index (χ0n) is 10.9. The lowest BCUT2D eigenvalue weighted by Gasteiger charge is -2.26. The lowest BCUT2D eigenvalue weighted by Crippen LogP contribution is -2.52. The number of ether oxygens (including phenoxy) is 1. The minimum absolute atomic E-state index is 0.168. The average Bonchev–Trinajstić information content (AvgIpc) is 2.40. The van der Waals surface area contributed by atoms with Crippen LogP contribution in [0.1, 0.15) is 30.6 Å². The van der Waals surface area contributed by atoms with Crippen LogP contribution in [0.5, 0.6) is 0 Å². The van der Waals surface area contributed by atoms with E-state index in [4.69, 9.17) is 0 Å². The summed E-state index contributed by atoms with van der Waals surface area (Å²) in [6.07, 6.45) is 0.373. The highest BCUT2D eigenvalue weighted by Crippen LogP contribution is 2.16. The second-order valence-corrected chi connectivity index (χ2v) is 5.42. The fourth-order valence-corrected chi connectivity index (χ4v) is 1.80. The van der Waals surface area contributed by atoms with Crippen LogP contribution in [-0.4, -0.2) is 24.5 Å². The van der Waals surface area contributed by atoms with Crippen molar-refractivity contribution < 1.29 is 18.7 Å². The van der Waals surface area contributed by atoms with Crippen molar-refractivity contribution in [3.05, 3.63) is 33.1 Å². The molecule has 0 bridgehead atoms. The first kappa shape index (κ1) is 15.9. The Labute approximate surface area is 124 Å². The third-order valence-corrected chi connectivity index (χ3v) is 3.79. The number of benzene rings is 1. The normalized spacial score (nSPS) is 13.5. The summed E-state index contributed by atoms with van der Waals surface area (Å²) < 4.78 is 18.5. The van der Waals surface area contributed by atoms with Crippen molar-refractivity contribution in [2.45, 2.75) is 25.8 Å². The number of methoxy groups -OCH3 is 1. The fourth-order valence-electron chi connectivity index (χ4n) is 1.47. The van der Waals surface area contributed by atoms with Crippen molar-refractivity contribution >= 4 is 34.5 Å². The number of rotatable bonds is 4. The molecular weight excluding hydrogens is 364 g/mol. The van der Waals surface area contributed by atoms with Gasteiger partial charge < -0.3 is 10.1 Å². The summed E-state index contributed by atoms with van der Waals surface area (Å²) in [5.74, 6) is -1.51. The number of esters is 1. The fraction of sp³-hybridized carbons (Fsp3) is 0.385. The summed E-state index contributed by atoms with van der Waals surface area (Å²) in [6, 6.07) is 4.16. The third-order valence-electron chi connectivity index (χ3n) is 2.91. The summed E-state index contributed by atoms with van der Waals surface area (Å²) in [4.78, 5) is 23.7. The SMILES string of the molecule is CCC(C)(NC(=O)c1ccc(I)c(F)c1)C(=O)OC. The minimum atomic E-state index is -1.12. The van der Waals surface area contributed by atoms with Crippen molar-refractivity contribution in [3.63, 3.8) is 0 Å². The van der Waals surface area contributed by atoms with Gasteiger partial charge in [-0.05, 0) is 54.1 Å². The summed E-state index contributed by atoms with van der Waals surface area (Å²) in [7, 11) is 1.26. The number of hydrogen-bond acceptors (Lipinski definition) is 3. The molecule has 0 aromatic heterocycles. The van der Waals surface area contributed by atoms with Crippen molar-refractivity contribution in [2.24, 2.45) is 0 Å². The molecule has 19 heavy (non-hydrogen) atoms. The first-order chi connectivity index (χ1) is 8.84. The van der Waals surface area contributed by atoms with Gasteiger partial charge in [-0.1, -0.05) is 6.92 Å². The highest BCUT2D eigenvalue weighted by atomic mass is 127. The summed E-state index contributed by atoms with van der Waals surface area (Å²) in [5.41, 5.74) is -0.952. The molecule has 0 aliphatic carbocycles. The Hall–Kier alpha value is -1.18. The maximum Gasteiger partial charge on any atom is 0.331 e.